The van der Waals surface area contributed by atoms with E-state index in [1.54, 1.807) is 31.0 Å². The Morgan fingerprint density at radius 2 is 1.84 bits per heavy atom. The van der Waals surface area contributed by atoms with Gasteiger partial charge < -0.3 is 10.3 Å². The van der Waals surface area contributed by atoms with E-state index in [-0.39, 0.29) is 5.91 Å². The van der Waals surface area contributed by atoms with E-state index in [0.717, 1.165) is 44.2 Å². The number of benzene rings is 1. The fourth-order valence-corrected chi connectivity index (χ4v) is 4.18. The molecule has 0 aliphatic heterocycles. The molecule has 9 heteroatoms. The molecule has 0 aliphatic rings. The summed E-state index contributed by atoms with van der Waals surface area (Å²) in [6.45, 7) is 5.66. The fraction of sp³-hybridized carbons (Fsp3) is 0.143. The lowest BCUT2D eigenvalue weighted by Gasteiger charge is -2.17. The number of fused-ring (bicyclic) bond motifs is 2. The van der Waals surface area contributed by atoms with Crippen molar-refractivity contribution in [3.63, 3.8) is 0 Å². The van der Waals surface area contributed by atoms with Crippen molar-refractivity contribution < 1.29 is 9.78 Å². The quantitative estimate of drug-likeness (QED) is 0.320. The highest BCUT2D eigenvalue weighted by Crippen LogP contribution is 2.32. The number of hydrogen-bond donors (Lipinski definition) is 3. The number of imidazole rings is 1. The third-order valence-electron chi connectivity index (χ3n) is 6.21. The Kier molecular flexibility index (Phi) is 5.26. The molecule has 0 saturated heterocycles. The number of rotatable bonds is 4. The van der Waals surface area contributed by atoms with Crippen LogP contribution in [0.4, 0.5) is 5.69 Å². The Morgan fingerprint density at radius 1 is 0.946 bits per heavy atom. The molecule has 0 unspecified atom stereocenters. The van der Waals surface area contributed by atoms with Crippen LogP contribution in [-0.4, -0.2) is 36.0 Å². The summed E-state index contributed by atoms with van der Waals surface area (Å²) in [4.78, 5) is 32.5. The van der Waals surface area contributed by atoms with Gasteiger partial charge in [0.15, 0.2) is 18.2 Å². The first-order valence-corrected chi connectivity index (χ1v) is 11.9. The minimum absolute atomic E-state index is 0.0457. The Morgan fingerprint density at radius 3 is 2.65 bits per heavy atom. The number of nitrogens with one attached hydrogen (secondary N) is 4. The van der Waals surface area contributed by atoms with Crippen LogP contribution >= 0.6 is 0 Å². The van der Waals surface area contributed by atoms with Gasteiger partial charge in [-0.3, -0.25) is 19.9 Å². The number of aromatic amines is 3. The Bertz CT molecular complexity index is 1760. The van der Waals surface area contributed by atoms with Gasteiger partial charge >= 0.3 is 0 Å². The lowest BCUT2D eigenvalue weighted by molar-refractivity contribution is -0.376. The molecule has 0 aliphatic carbocycles. The maximum absolute atomic E-state index is 12.5. The average molecular weight is 490 g/mol. The molecule has 0 saturated carbocycles. The molecule has 6 rings (SSSR count). The molecule has 6 aromatic rings. The van der Waals surface area contributed by atoms with Crippen LogP contribution in [0.15, 0.2) is 73.6 Å². The number of carbonyl (C=O) groups is 1. The topological polar surface area (TPSA) is 126 Å². The maximum Gasteiger partial charge on any atom is 0.229 e. The number of aromatic nitrogens is 7. The molecular weight excluding hydrogens is 464 g/mol. The zero-order valence-electron chi connectivity index (χ0n) is 20.6. The molecule has 37 heavy (non-hydrogen) atoms. The molecule has 4 N–H and O–H groups in total. The predicted molar refractivity (Wildman–Crippen MR) is 142 cm³/mol. The lowest BCUT2D eigenvalue weighted by Crippen LogP contribution is -2.28. The first kappa shape index (κ1) is 22.5. The summed E-state index contributed by atoms with van der Waals surface area (Å²) in [5.41, 5.74) is 7.22. The van der Waals surface area contributed by atoms with E-state index in [4.69, 9.17) is 4.98 Å². The van der Waals surface area contributed by atoms with E-state index in [0.29, 0.717) is 17.2 Å². The van der Waals surface area contributed by atoms with Crippen LogP contribution in [0.5, 0.6) is 0 Å². The average Bonchev–Trinajstić information content (AvgIpc) is 3.52. The third kappa shape index (κ3) is 4.20. The van der Waals surface area contributed by atoms with Gasteiger partial charge in [-0.1, -0.05) is 32.9 Å². The van der Waals surface area contributed by atoms with Crippen molar-refractivity contribution in [2.24, 2.45) is 5.41 Å². The monoisotopic (exact) mass is 489 g/mol. The van der Waals surface area contributed by atoms with Crippen LogP contribution in [0.3, 0.4) is 0 Å². The molecule has 9 nitrogen and oxygen atoms in total. The largest absolute Gasteiger partial charge is 0.335 e. The molecule has 1 aromatic carbocycles. The van der Waals surface area contributed by atoms with Gasteiger partial charge in [0.05, 0.1) is 17.2 Å². The van der Waals surface area contributed by atoms with Gasteiger partial charge in [0, 0.05) is 46.1 Å². The number of hydrogen-bond acceptors (Lipinski definition) is 5. The summed E-state index contributed by atoms with van der Waals surface area (Å²) in [5.74, 6) is 0.602. The molecule has 0 atom stereocenters. The predicted octanol–water partition coefficient (Wildman–Crippen LogP) is 5.03. The van der Waals surface area contributed by atoms with Gasteiger partial charge in [0.25, 0.3) is 0 Å². The van der Waals surface area contributed by atoms with Crippen LogP contribution in [-0.2, 0) is 4.79 Å². The van der Waals surface area contributed by atoms with E-state index in [9.17, 15) is 4.79 Å². The van der Waals surface area contributed by atoms with Gasteiger partial charge in [0.1, 0.15) is 16.9 Å². The van der Waals surface area contributed by atoms with Gasteiger partial charge in [-0.25, -0.2) is 9.97 Å². The highest BCUT2D eigenvalue weighted by Gasteiger charge is 2.22. The molecule has 5 heterocycles. The highest BCUT2D eigenvalue weighted by atomic mass is 16.2. The normalized spacial score (nSPS) is 11.8. The van der Waals surface area contributed by atoms with Crippen molar-refractivity contribution in [3.05, 3.63) is 73.6 Å². The summed E-state index contributed by atoms with van der Waals surface area (Å²) < 4.78 is 0. The van der Waals surface area contributed by atoms with Crippen LogP contribution in [0.2, 0.25) is 0 Å². The second-order valence-corrected chi connectivity index (χ2v) is 9.96. The van der Waals surface area contributed by atoms with E-state index in [1.807, 2.05) is 57.3 Å². The van der Waals surface area contributed by atoms with Crippen LogP contribution in [0.1, 0.15) is 20.8 Å². The molecule has 0 spiro atoms. The minimum Gasteiger partial charge on any atom is -0.335 e. The summed E-state index contributed by atoms with van der Waals surface area (Å²) in [5, 5.41) is 11.6. The Balaban J connectivity index is 1.40. The lowest BCUT2D eigenvalue weighted by atomic mass is 9.95. The van der Waals surface area contributed by atoms with Crippen molar-refractivity contribution in [2.45, 2.75) is 20.8 Å². The van der Waals surface area contributed by atoms with Crippen molar-refractivity contribution in [1.29, 1.82) is 0 Å². The van der Waals surface area contributed by atoms with Gasteiger partial charge in [-0.15, -0.1) is 0 Å². The van der Waals surface area contributed by atoms with E-state index >= 15 is 0 Å². The molecular formula is C28H25N8O+. The number of H-pyrrole nitrogens is 3. The molecule has 0 fully saturated rings. The minimum atomic E-state index is -0.487. The van der Waals surface area contributed by atoms with Gasteiger partial charge in [-0.2, -0.15) is 5.10 Å². The first-order chi connectivity index (χ1) is 17.9. The van der Waals surface area contributed by atoms with E-state index in [1.165, 1.54) is 0 Å². The molecule has 0 radical (unpaired) electrons. The second kappa shape index (κ2) is 8.63. The first-order valence-electron chi connectivity index (χ1n) is 11.9. The van der Waals surface area contributed by atoms with Crippen LogP contribution in [0, 0.1) is 5.41 Å². The highest BCUT2D eigenvalue weighted by molar-refractivity contribution is 5.98. The van der Waals surface area contributed by atoms with Crippen molar-refractivity contribution >= 4 is 33.5 Å². The molecule has 5 aromatic heterocycles. The molecule has 1 amide bonds. The number of carbonyl (C=O) groups excluding carboxylic acids is 1. The third-order valence-corrected chi connectivity index (χ3v) is 6.21. The second-order valence-electron chi connectivity index (χ2n) is 9.96. The summed E-state index contributed by atoms with van der Waals surface area (Å²) in [6, 6.07) is 11.9. The van der Waals surface area contributed by atoms with Crippen molar-refractivity contribution in [3.8, 4) is 33.8 Å². The number of nitrogens with zero attached hydrogens (tertiary/aromatic N) is 4. The fourth-order valence-electron chi connectivity index (χ4n) is 4.18. The number of pyridine rings is 3. The zero-order valence-corrected chi connectivity index (χ0v) is 20.6. The summed E-state index contributed by atoms with van der Waals surface area (Å²) >= 11 is 0. The standard InChI is InChI=1S/C28H24N8O/c1-28(2,3)27(37)32-19-9-18(12-30-13-19)16-6-7-22-20(10-16)25(36-35-22)26-33-23-15-31-14-21(24(23)34-26)17-5-4-8-29-11-17/h4-15H,1-3H3,(H,32,37)(H,33,34)(H,35,36)/p+1. The van der Waals surface area contributed by atoms with Gasteiger partial charge in [0.2, 0.25) is 5.91 Å². The maximum atomic E-state index is 12.5. The zero-order chi connectivity index (χ0) is 25.6. The van der Waals surface area contributed by atoms with Gasteiger partial charge in [-0.05, 0) is 29.8 Å². The van der Waals surface area contributed by atoms with Crippen LogP contribution < -0.4 is 10.3 Å². The number of anilines is 1. The summed E-state index contributed by atoms with van der Waals surface area (Å²) in [6.07, 6.45) is 10.8. The molecule has 0 bridgehead atoms. The van der Waals surface area contributed by atoms with Crippen molar-refractivity contribution in [2.75, 3.05) is 5.32 Å². The van der Waals surface area contributed by atoms with Crippen LogP contribution in [0.25, 0.3) is 55.7 Å². The van der Waals surface area contributed by atoms with Crippen molar-refractivity contribution in [1.82, 2.24) is 30.1 Å². The Hall–Kier alpha value is -4.92. The molecule has 182 valence electrons. The summed E-state index contributed by atoms with van der Waals surface area (Å²) in [7, 11) is 0. The Labute approximate surface area is 212 Å². The number of amides is 1. The van der Waals surface area contributed by atoms with E-state index < -0.39 is 5.41 Å². The smallest absolute Gasteiger partial charge is 0.229 e. The van der Waals surface area contributed by atoms with E-state index in [2.05, 4.69) is 41.5 Å². The SMILES string of the molecule is CC(C)(C)C(=O)Nc1c[nH+]cc(-c2ccc3[nH]nc(-c4nc5c(-c6cccnc6)cncc5[nH]4)c3c2)c1.